The van der Waals surface area contributed by atoms with Crippen LogP contribution < -0.4 is 0 Å². The maximum absolute atomic E-state index is 10.9. The molecular weight excluding hydrogens is 260 g/mol. The summed E-state index contributed by atoms with van der Waals surface area (Å²) in [6, 6.07) is 14.0. The van der Waals surface area contributed by atoms with E-state index < -0.39 is 6.10 Å². The third kappa shape index (κ3) is 2.01. The number of aryl methyl sites for hydroxylation is 1. The van der Waals surface area contributed by atoms with Crippen LogP contribution in [0, 0.1) is 0 Å². The number of fused-ring (bicyclic) bond motifs is 2. The van der Waals surface area contributed by atoms with Crippen molar-refractivity contribution in [2.24, 2.45) is 0 Å². The molecule has 4 rings (SSSR count). The van der Waals surface area contributed by atoms with E-state index in [0.29, 0.717) is 0 Å². The molecule has 3 aromatic rings. The lowest BCUT2D eigenvalue weighted by molar-refractivity contribution is 0.144. The van der Waals surface area contributed by atoms with Crippen LogP contribution in [0.2, 0.25) is 0 Å². The van der Waals surface area contributed by atoms with E-state index >= 15 is 0 Å². The van der Waals surface area contributed by atoms with E-state index in [1.54, 1.807) is 6.20 Å². The zero-order valence-corrected chi connectivity index (χ0v) is 11.6. The first-order valence-corrected chi connectivity index (χ1v) is 7.30. The van der Waals surface area contributed by atoms with E-state index in [9.17, 15) is 5.11 Å². The van der Waals surface area contributed by atoms with Crippen LogP contribution in [0.5, 0.6) is 0 Å². The van der Waals surface area contributed by atoms with E-state index in [1.165, 1.54) is 5.56 Å². The minimum Gasteiger partial charge on any atom is -0.388 e. The number of hydrogen-bond donors (Lipinski definition) is 1. The van der Waals surface area contributed by atoms with Crippen molar-refractivity contribution in [2.75, 3.05) is 0 Å². The summed E-state index contributed by atoms with van der Waals surface area (Å²) in [5.41, 5.74) is 4.08. The quantitative estimate of drug-likeness (QED) is 0.780. The lowest BCUT2D eigenvalue weighted by Gasteiger charge is -2.20. The number of nitrogens with zero attached hydrogens (tertiary/aromatic N) is 2. The first-order valence-electron chi connectivity index (χ1n) is 7.30. The Morgan fingerprint density at radius 2 is 1.81 bits per heavy atom. The first-order chi connectivity index (χ1) is 10.3. The molecule has 2 atom stereocenters. The highest BCUT2D eigenvalue weighted by Crippen LogP contribution is 2.41. The van der Waals surface area contributed by atoms with Crippen LogP contribution in [-0.4, -0.2) is 15.1 Å². The molecule has 1 aromatic carbocycles. The van der Waals surface area contributed by atoms with Gasteiger partial charge in [0.15, 0.2) is 0 Å². The van der Waals surface area contributed by atoms with Crippen molar-refractivity contribution in [1.82, 2.24) is 9.97 Å². The molecule has 0 aliphatic heterocycles. The SMILES string of the molecule is OC(c1cccc2cccnc12)C1CCc2cccnc21. The molecule has 3 heteroatoms. The van der Waals surface area contributed by atoms with Gasteiger partial charge in [-0.15, -0.1) is 0 Å². The smallest absolute Gasteiger partial charge is 0.0894 e. The van der Waals surface area contributed by atoms with Gasteiger partial charge in [0, 0.05) is 35.0 Å². The van der Waals surface area contributed by atoms with E-state index in [4.69, 9.17) is 0 Å². The second-order valence-electron chi connectivity index (χ2n) is 5.56. The Kier molecular flexibility index (Phi) is 2.93. The zero-order valence-electron chi connectivity index (χ0n) is 11.6. The van der Waals surface area contributed by atoms with Gasteiger partial charge in [-0.25, -0.2) is 0 Å². The summed E-state index contributed by atoms with van der Waals surface area (Å²) in [4.78, 5) is 8.94. The second kappa shape index (κ2) is 4.93. The van der Waals surface area contributed by atoms with Crippen LogP contribution in [-0.2, 0) is 6.42 Å². The number of hydrogen-bond acceptors (Lipinski definition) is 3. The van der Waals surface area contributed by atoms with E-state index in [0.717, 1.165) is 35.0 Å². The van der Waals surface area contributed by atoms with Gasteiger partial charge in [-0.3, -0.25) is 9.97 Å². The van der Waals surface area contributed by atoms with Crippen LogP contribution in [0.4, 0.5) is 0 Å². The Hall–Kier alpha value is -2.26. The molecule has 0 saturated carbocycles. The summed E-state index contributed by atoms with van der Waals surface area (Å²) in [6.07, 6.45) is 4.96. The molecule has 1 aliphatic rings. The molecule has 0 bridgehead atoms. The van der Waals surface area contributed by atoms with Crippen molar-refractivity contribution in [2.45, 2.75) is 24.9 Å². The van der Waals surface area contributed by atoms with Gasteiger partial charge in [0.1, 0.15) is 0 Å². The summed E-state index contributed by atoms with van der Waals surface area (Å²) in [6.45, 7) is 0. The minimum absolute atomic E-state index is 0.0637. The van der Waals surface area contributed by atoms with Crippen molar-refractivity contribution in [1.29, 1.82) is 0 Å². The molecule has 1 N–H and O–H groups in total. The summed E-state index contributed by atoms with van der Waals surface area (Å²) < 4.78 is 0. The predicted molar refractivity (Wildman–Crippen MR) is 82.0 cm³/mol. The van der Waals surface area contributed by atoms with Crippen LogP contribution in [0.25, 0.3) is 10.9 Å². The summed E-state index contributed by atoms with van der Waals surface area (Å²) in [5, 5.41) is 11.9. The molecule has 0 radical (unpaired) electrons. The average Bonchev–Trinajstić information content (AvgIpc) is 2.98. The number of para-hydroxylation sites is 1. The Morgan fingerprint density at radius 1 is 1.00 bits per heavy atom. The van der Waals surface area contributed by atoms with Gasteiger partial charge in [-0.05, 0) is 30.5 Å². The molecule has 2 heterocycles. The van der Waals surface area contributed by atoms with Crippen molar-refractivity contribution in [3.8, 4) is 0 Å². The number of pyridine rings is 2. The maximum atomic E-state index is 10.9. The fourth-order valence-electron chi connectivity index (χ4n) is 3.33. The molecule has 104 valence electrons. The fraction of sp³-hybridized carbons (Fsp3) is 0.222. The maximum Gasteiger partial charge on any atom is 0.0894 e. The lowest BCUT2D eigenvalue weighted by atomic mass is 9.92. The zero-order chi connectivity index (χ0) is 14.2. The van der Waals surface area contributed by atoms with Gasteiger partial charge in [-0.2, -0.15) is 0 Å². The number of aliphatic hydroxyl groups is 1. The Bertz CT molecular complexity index is 795. The summed E-state index contributed by atoms with van der Waals surface area (Å²) in [5.74, 6) is 0.0637. The number of aromatic nitrogens is 2. The molecular formula is C18H16N2O. The first kappa shape index (κ1) is 12.5. The van der Waals surface area contributed by atoms with Crippen LogP contribution in [0.15, 0.2) is 54.9 Å². The summed E-state index contributed by atoms with van der Waals surface area (Å²) in [7, 11) is 0. The Morgan fingerprint density at radius 3 is 2.76 bits per heavy atom. The largest absolute Gasteiger partial charge is 0.388 e. The van der Waals surface area contributed by atoms with Crippen molar-refractivity contribution in [3.05, 3.63) is 71.7 Å². The van der Waals surface area contributed by atoms with Gasteiger partial charge in [0.2, 0.25) is 0 Å². The third-order valence-electron chi connectivity index (χ3n) is 4.37. The van der Waals surface area contributed by atoms with Crippen molar-refractivity contribution >= 4 is 10.9 Å². The monoisotopic (exact) mass is 276 g/mol. The molecule has 0 saturated heterocycles. The molecule has 0 spiro atoms. The van der Waals surface area contributed by atoms with Crippen LogP contribution in [0.3, 0.4) is 0 Å². The van der Waals surface area contributed by atoms with Gasteiger partial charge in [-0.1, -0.05) is 30.3 Å². The topological polar surface area (TPSA) is 46.0 Å². The molecule has 2 aromatic heterocycles. The van der Waals surface area contributed by atoms with E-state index in [2.05, 4.69) is 16.0 Å². The molecule has 2 unspecified atom stereocenters. The second-order valence-corrected chi connectivity index (χ2v) is 5.56. The Labute approximate surface area is 123 Å². The van der Waals surface area contributed by atoms with Crippen molar-refractivity contribution < 1.29 is 5.11 Å². The van der Waals surface area contributed by atoms with Gasteiger partial charge in [0.25, 0.3) is 0 Å². The summed E-state index contributed by atoms with van der Waals surface area (Å²) >= 11 is 0. The molecule has 0 fully saturated rings. The predicted octanol–water partition coefficient (Wildman–Crippen LogP) is 3.39. The van der Waals surface area contributed by atoms with Crippen LogP contribution in [0.1, 0.15) is 35.3 Å². The highest BCUT2D eigenvalue weighted by molar-refractivity contribution is 5.82. The molecule has 1 aliphatic carbocycles. The fourth-order valence-corrected chi connectivity index (χ4v) is 3.33. The van der Waals surface area contributed by atoms with Gasteiger partial charge < -0.3 is 5.11 Å². The lowest BCUT2D eigenvalue weighted by Crippen LogP contribution is -2.10. The third-order valence-corrected chi connectivity index (χ3v) is 4.37. The number of benzene rings is 1. The van der Waals surface area contributed by atoms with Crippen LogP contribution >= 0.6 is 0 Å². The van der Waals surface area contributed by atoms with E-state index in [-0.39, 0.29) is 5.92 Å². The molecule has 21 heavy (non-hydrogen) atoms. The Balaban J connectivity index is 1.80. The standard InChI is InChI=1S/C18H16N2O/c21-18(15-9-8-13-6-3-11-20-17(13)15)14-7-1-4-12-5-2-10-19-16(12)14/h1-7,10-11,15,18,21H,8-9H2. The van der Waals surface area contributed by atoms with Gasteiger partial charge in [0.05, 0.1) is 11.6 Å². The average molecular weight is 276 g/mol. The van der Waals surface area contributed by atoms with E-state index in [1.807, 2.05) is 42.6 Å². The number of aliphatic hydroxyl groups excluding tert-OH is 1. The minimum atomic E-state index is -0.556. The van der Waals surface area contributed by atoms with Crippen molar-refractivity contribution in [3.63, 3.8) is 0 Å². The van der Waals surface area contributed by atoms with Gasteiger partial charge >= 0.3 is 0 Å². The number of rotatable bonds is 2. The normalized spacial score (nSPS) is 18.6. The highest BCUT2D eigenvalue weighted by Gasteiger charge is 2.31. The molecule has 3 nitrogen and oxygen atoms in total. The highest BCUT2D eigenvalue weighted by atomic mass is 16.3. The molecule has 0 amide bonds.